The van der Waals surface area contributed by atoms with Crippen LogP contribution in [0.2, 0.25) is 0 Å². The monoisotopic (exact) mass is 645 g/mol. The van der Waals surface area contributed by atoms with Gasteiger partial charge in [-0.15, -0.1) is 34.0 Å². The zero-order valence-corrected chi connectivity index (χ0v) is 27.6. The highest BCUT2D eigenvalue weighted by Gasteiger charge is 2.25. The minimum absolute atomic E-state index is 0.280. The molecule has 3 nitrogen and oxygen atoms in total. The molecule has 0 amide bonds. The van der Waals surface area contributed by atoms with Crippen LogP contribution in [0.15, 0.2) is 113 Å². The summed E-state index contributed by atoms with van der Waals surface area (Å²) in [5.74, 6) is 0. The van der Waals surface area contributed by atoms with Gasteiger partial charge in [0.2, 0.25) is 0 Å². The second-order valence-corrected chi connectivity index (χ2v) is 15.9. The number of para-hydroxylation sites is 1. The van der Waals surface area contributed by atoms with Crippen LogP contribution in [0.4, 0.5) is 0 Å². The summed E-state index contributed by atoms with van der Waals surface area (Å²) < 4.78 is 30.8. The Kier molecular flexibility index (Phi) is 6.43. The van der Waals surface area contributed by atoms with Crippen LogP contribution in [0, 0.1) is 20.8 Å². The number of nitrogens with zero attached hydrogens (tertiary/aromatic N) is 1. The molecule has 0 aliphatic heterocycles. The van der Waals surface area contributed by atoms with Gasteiger partial charge in [-0.1, -0.05) is 36.4 Å². The zero-order chi connectivity index (χ0) is 30.2. The third-order valence-electron chi connectivity index (χ3n) is 8.41. The molecule has 0 unspecified atom stereocenters. The molecule has 4 aromatic carbocycles. The highest BCUT2D eigenvalue weighted by Crippen LogP contribution is 2.45. The lowest BCUT2D eigenvalue weighted by atomic mass is 9.98. The second-order valence-electron chi connectivity index (χ2n) is 11.2. The number of thiophene rings is 3. The van der Waals surface area contributed by atoms with Gasteiger partial charge in [0, 0.05) is 30.1 Å². The smallest absolute Gasteiger partial charge is 0.233 e. The van der Waals surface area contributed by atoms with E-state index in [1.54, 1.807) is 58.3 Å². The fraction of sp³-hybridized carbons (Fsp3) is 0.0811. The Balaban J connectivity index is 1.39. The molecule has 0 saturated heterocycles. The minimum Gasteiger partial charge on any atom is -0.233 e. The van der Waals surface area contributed by atoms with Crippen LogP contribution < -0.4 is 0 Å². The van der Waals surface area contributed by atoms with E-state index in [4.69, 9.17) is 0 Å². The minimum atomic E-state index is -3.82. The Bertz CT molecular complexity index is 2430. The highest BCUT2D eigenvalue weighted by atomic mass is 32.2. The van der Waals surface area contributed by atoms with Gasteiger partial charge < -0.3 is 0 Å². The van der Waals surface area contributed by atoms with E-state index in [0.717, 1.165) is 20.9 Å². The normalized spacial score (nSPS) is 12.2. The first kappa shape index (κ1) is 27.5. The highest BCUT2D eigenvalue weighted by molar-refractivity contribution is 7.90. The van der Waals surface area contributed by atoms with Gasteiger partial charge in [-0.3, -0.25) is 0 Å². The van der Waals surface area contributed by atoms with Gasteiger partial charge >= 0.3 is 0 Å². The van der Waals surface area contributed by atoms with Crippen molar-refractivity contribution in [2.75, 3.05) is 0 Å². The summed E-state index contributed by atoms with van der Waals surface area (Å²) in [6, 6.07) is 32.1. The predicted molar refractivity (Wildman–Crippen MR) is 190 cm³/mol. The number of fused-ring (bicyclic) bond motifs is 4. The molecular weight excluding hydrogens is 619 g/mol. The van der Waals surface area contributed by atoms with Crippen molar-refractivity contribution in [2.45, 2.75) is 25.7 Å². The summed E-state index contributed by atoms with van der Waals surface area (Å²) in [5.41, 5.74) is 8.81. The van der Waals surface area contributed by atoms with Gasteiger partial charge in [0.25, 0.3) is 10.0 Å². The first-order valence-electron chi connectivity index (χ1n) is 14.3. The number of aromatic nitrogens is 1. The van der Waals surface area contributed by atoms with Crippen LogP contribution >= 0.6 is 34.0 Å². The van der Waals surface area contributed by atoms with Crippen LogP contribution in [0.3, 0.4) is 0 Å². The largest absolute Gasteiger partial charge is 0.268 e. The van der Waals surface area contributed by atoms with Gasteiger partial charge in [-0.05, 0) is 131 Å². The molecule has 0 atom stereocenters. The Morgan fingerprint density at radius 2 is 1.16 bits per heavy atom. The number of aryl methyl sites for hydroxylation is 3. The molecule has 0 radical (unpaired) electrons. The molecule has 0 aliphatic rings. The quantitative estimate of drug-likeness (QED) is 0.187. The SMILES string of the molecule is Cc1ccsc1-c1cc(-c2sccc2C)cc(-c2sc3cc4c(cc3c2C)c2ccccc2n4S(=O)(=O)c2ccccc2)c1. The Labute approximate surface area is 268 Å². The fourth-order valence-corrected chi connectivity index (χ4v) is 10.8. The predicted octanol–water partition coefficient (Wildman–Crippen LogP) is 11.3. The van der Waals surface area contributed by atoms with Crippen molar-refractivity contribution in [3.8, 4) is 31.3 Å². The lowest BCUT2D eigenvalue weighted by Crippen LogP contribution is -2.12. The first-order chi connectivity index (χ1) is 21.3. The molecule has 44 heavy (non-hydrogen) atoms. The van der Waals surface area contributed by atoms with Crippen molar-refractivity contribution in [3.05, 3.63) is 125 Å². The Morgan fingerprint density at radius 3 is 1.77 bits per heavy atom. The fourth-order valence-electron chi connectivity index (χ4n) is 6.24. The van der Waals surface area contributed by atoms with E-state index in [0.29, 0.717) is 11.0 Å². The maximum Gasteiger partial charge on any atom is 0.268 e. The van der Waals surface area contributed by atoms with Crippen molar-refractivity contribution in [1.29, 1.82) is 0 Å². The van der Waals surface area contributed by atoms with E-state index in [2.05, 4.69) is 74.0 Å². The van der Waals surface area contributed by atoms with Gasteiger partial charge in [0.15, 0.2) is 0 Å². The average molecular weight is 646 g/mol. The number of rotatable bonds is 5. The molecule has 0 saturated carbocycles. The molecule has 0 N–H and O–H groups in total. The number of hydrogen-bond donors (Lipinski definition) is 0. The summed E-state index contributed by atoms with van der Waals surface area (Å²) in [4.78, 5) is 4.07. The van der Waals surface area contributed by atoms with Gasteiger partial charge in [-0.2, -0.15) is 0 Å². The number of benzene rings is 4. The van der Waals surface area contributed by atoms with Crippen molar-refractivity contribution < 1.29 is 8.42 Å². The Morgan fingerprint density at radius 1 is 0.568 bits per heavy atom. The molecular formula is C37H27NO2S4. The molecule has 8 aromatic rings. The van der Waals surface area contributed by atoms with Crippen LogP contribution in [0.1, 0.15) is 16.7 Å². The molecule has 0 bridgehead atoms. The molecule has 0 fully saturated rings. The zero-order valence-electron chi connectivity index (χ0n) is 24.3. The third-order valence-corrected chi connectivity index (χ3v) is 13.6. The van der Waals surface area contributed by atoms with E-state index in [1.165, 1.54) is 52.0 Å². The van der Waals surface area contributed by atoms with Crippen LogP contribution in [0.5, 0.6) is 0 Å². The van der Waals surface area contributed by atoms with E-state index < -0.39 is 10.0 Å². The van der Waals surface area contributed by atoms with Crippen molar-refractivity contribution in [3.63, 3.8) is 0 Å². The lowest BCUT2D eigenvalue weighted by Gasteiger charge is -2.10. The Hall–Kier alpha value is -4.01. The molecule has 216 valence electrons. The van der Waals surface area contributed by atoms with Crippen LogP contribution in [-0.2, 0) is 10.0 Å². The third kappa shape index (κ3) is 4.22. The second kappa shape index (κ2) is 10.3. The topological polar surface area (TPSA) is 39.1 Å². The van der Waals surface area contributed by atoms with Gasteiger partial charge in [-0.25, -0.2) is 12.4 Å². The first-order valence-corrected chi connectivity index (χ1v) is 18.3. The molecule has 7 heteroatoms. The van der Waals surface area contributed by atoms with Crippen molar-refractivity contribution >= 4 is 75.9 Å². The van der Waals surface area contributed by atoms with E-state index in [9.17, 15) is 8.42 Å². The van der Waals surface area contributed by atoms with Gasteiger partial charge in [0.1, 0.15) is 0 Å². The van der Waals surface area contributed by atoms with E-state index in [-0.39, 0.29) is 4.90 Å². The maximum atomic E-state index is 14.1. The summed E-state index contributed by atoms with van der Waals surface area (Å²) in [7, 11) is -3.82. The molecule has 0 spiro atoms. The van der Waals surface area contributed by atoms with Crippen LogP contribution in [0.25, 0.3) is 63.2 Å². The van der Waals surface area contributed by atoms with E-state index in [1.807, 2.05) is 30.3 Å². The van der Waals surface area contributed by atoms with Crippen molar-refractivity contribution in [2.24, 2.45) is 0 Å². The van der Waals surface area contributed by atoms with E-state index >= 15 is 0 Å². The number of hydrogen-bond acceptors (Lipinski definition) is 5. The summed E-state index contributed by atoms with van der Waals surface area (Å²) >= 11 is 5.29. The molecule has 4 aromatic heterocycles. The summed E-state index contributed by atoms with van der Waals surface area (Å²) in [5, 5.41) is 7.35. The molecule has 8 rings (SSSR count). The standard InChI is InChI=1S/C37H27NO2S4/c1-22-13-15-41-35(22)25-17-26(36-23(2)14-16-42-36)19-27(18-25)37-24(3)30-20-31-29-11-7-8-12-32(29)38(33(31)21-34(30)43-37)44(39,40)28-9-5-4-6-10-28/h4-21H,1-3H3. The average Bonchev–Trinajstić information content (AvgIpc) is 3.81. The molecule has 0 aliphatic carbocycles. The maximum absolute atomic E-state index is 14.1. The summed E-state index contributed by atoms with van der Waals surface area (Å²) in [6.07, 6.45) is 0. The van der Waals surface area contributed by atoms with Gasteiger partial charge in [0.05, 0.1) is 15.9 Å². The van der Waals surface area contributed by atoms with Crippen molar-refractivity contribution in [1.82, 2.24) is 3.97 Å². The summed E-state index contributed by atoms with van der Waals surface area (Å²) in [6.45, 7) is 6.54. The molecule has 4 heterocycles. The van der Waals surface area contributed by atoms with Crippen LogP contribution in [-0.4, -0.2) is 12.4 Å². The lowest BCUT2D eigenvalue weighted by molar-refractivity contribution is 0.590.